The van der Waals surface area contributed by atoms with Gasteiger partial charge in [0.25, 0.3) is 0 Å². The van der Waals surface area contributed by atoms with Crippen LogP contribution in [0.3, 0.4) is 0 Å². The Morgan fingerprint density at radius 2 is 2.04 bits per heavy atom. The number of furan rings is 1. The number of aryl methyl sites for hydroxylation is 1. The van der Waals surface area contributed by atoms with Crippen LogP contribution in [0.4, 0.5) is 0 Å². The first-order valence-electron chi connectivity index (χ1n) is 8.00. The van der Waals surface area contributed by atoms with Gasteiger partial charge in [-0.3, -0.25) is 9.59 Å². The first-order valence-corrected chi connectivity index (χ1v) is 9.66. The second-order valence-corrected chi connectivity index (χ2v) is 7.81. The monoisotopic (exact) mass is 372 g/mol. The van der Waals surface area contributed by atoms with Gasteiger partial charge >= 0.3 is 5.91 Å². The van der Waals surface area contributed by atoms with Gasteiger partial charge in [0, 0.05) is 18.4 Å². The van der Waals surface area contributed by atoms with Crippen LogP contribution < -0.4 is 4.72 Å². The third-order valence-electron chi connectivity index (χ3n) is 4.24. The summed E-state index contributed by atoms with van der Waals surface area (Å²) in [7, 11) is -4.04. The van der Waals surface area contributed by atoms with Gasteiger partial charge in [0.2, 0.25) is 10.0 Å². The van der Waals surface area contributed by atoms with E-state index in [0.717, 1.165) is 0 Å². The molecule has 2 aromatic rings. The number of fused-ring (bicyclic) bond motifs is 1. The van der Waals surface area contributed by atoms with E-state index in [1.165, 1.54) is 12.1 Å². The van der Waals surface area contributed by atoms with E-state index < -0.39 is 21.7 Å². The van der Waals surface area contributed by atoms with Crippen LogP contribution >= 0.6 is 0 Å². The molecule has 1 aromatic heterocycles. The van der Waals surface area contributed by atoms with E-state index in [4.69, 9.17) is 9.68 Å². The summed E-state index contributed by atoms with van der Waals surface area (Å²) >= 11 is 0. The standard InChI is InChI=1S/C18H16N2O5S/c1-11-16-14(21)7-4-8-15(16)25-17(11)18(22)20-26(23,24)10-13-6-3-2-5-12(13)9-19/h2-3,5-6H,4,7-8,10H2,1H3,(H,20,22). The van der Waals surface area contributed by atoms with Gasteiger partial charge in [-0.25, -0.2) is 13.1 Å². The first-order chi connectivity index (χ1) is 12.3. The minimum absolute atomic E-state index is 0.0997. The molecule has 0 bridgehead atoms. The lowest BCUT2D eigenvalue weighted by Crippen LogP contribution is -2.32. The molecule has 1 N–H and O–H groups in total. The van der Waals surface area contributed by atoms with Crippen LogP contribution in [0.1, 0.15) is 56.2 Å². The zero-order valence-electron chi connectivity index (χ0n) is 14.0. The van der Waals surface area contributed by atoms with Crippen molar-refractivity contribution in [2.24, 2.45) is 0 Å². The third-order valence-corrected chi connectivity index (χ3v) is 5.43. The van der Waals surface area contributed by atoms with Crippen molar-refractivity contribution in [2.75, 3.05) is 0 Å². The molecular formula is C18H16N2O5S. The Morgan fingerprint density at radius 1 is 1.31 bits per heavy atom. The highest BCUT2D eigenvalue weighted by Crippen LogP contribution is 2.29. The summed E-state index contributed by atoms with van der Waals surface area (Å²) in [6.45, 7) is 1.57. The molecule has 1 aromatic carbocycles. The lowest BCUT2D eigenvalue weighted by molar-refractivity contribution is 0.0944. The molecule has 1 heterocycles. The highest BCUT2D eigenvalue weighted by molar-refractivity contribution is 7.89. The fraction of sp³-hybridized carbons (Fsp3) is 0.278. The molecule has 7 nitrogen and oxygen atoms in total. The zero-order chi connectivity index (χ0) is 18.9. The number of rotatable bonds is 4. The number of sulfonamides is 1. The molecule has 0 radical (unpaired) electrons. The largest absolute Gasteiger partial charge is 0.455 e. The van der Waals surface area contributed by atoms with Crippen molar-refractivity contribution in [2.45, 2.75) is 31.9 Å². The molecular weight excluding hydrogens is 356 g/mol. The number of amides is 1. The molecule has 0 fully saturated rings. The molecule has 0 unspecified atom stereocenters. The van der Waals surface area contributed by atoms with Crippen molar-refractivity contribution in [1.82, 2.24) is 4.72 Å². The number of nitrogens with zero attached hydrogens (tertiary/aromatic N) is 1. The van der Waals surface area contributed by atoms with Crippen LogP contribution in [0.25, 0.3) is 0 Å². The van der Waals surface area contributed by atoms with E-state index in [9.17, 15) is 18.0 Å². The Bertz CT molecular complexity index is 1040. The number of benzene rings is 1. The van der Waals surface area contributed by atoms with Crippen molar-refractivity contribution >= 4 is 21.7 Å². The Hall–Kier alpha value is -2.92. The number of hydrogen-bond acceptors (Lipinski definition) is 6. The number of nitrogens with one attached hydrogen (secondary N) is 1. The molecule has 0 spiro atoms. The molecule has 1 amide bonds. The lowest BCUT2D eigenvalue weighted by Gasteiger charge is -2.07. The molecule has 0 aliphatic heterocycles. The topological polar surface area (TPSA) is 117 Å². The Balaban J connectivity index is 1.84. The third kappa shape index (κ3) is 3.39. The minimum atomic E-state index is -4.04. The average Bonchev–Trinajstić information content (AvgIpc) is 2.93. The van der Waals surface area contributed by atoms with Crippen LogP contribution in [0.5, 0.6) is 0 Å². The summed E-state index contributed by atoms with van der Waals surface area (Å²) in [5.74, 6) is -1.27. The molecule has 3 rings (SSSR count). The minimum Gasteiger partial charge on any atom is -0.455 e. The van der Waals surface area contributed by atoms with Crippen LogP contribution in [0.2, 0.25) is 0 Å². The van der Waals surface area contributed by atoms with Crippen molar-refractivity contribution in [3.8, 4) is 6.07 Å². The van der Waals surface area contributed by atoms with E-state index >= 15 is 0 Å². The quantitative estimate of drug-likeness (QED) is 0.879. The fourth-order valence-electron chi connectivity index (χ4n) is 3.05. The molecule has 8 heteroatoms. The number of Topliss-reactive ketones (excluding diaryl/α,β-unsaturated/α-hetero) is 1. The lowest BCUT2D eigenvalue weighted by atomic mass is 9.94. The number of hydrogen-bond donors (Lipinski definition) is 1. The maximum atomic E-state index is 12.4. The van der Waals surface area contributed by atoms with Gasteiger partial charge in [-0.15, -0.1) is 0 Å². The summed E-state index contributed by atoms with van der Waals surface area (Å²) in [4.78, 5) is 24.4. The van der Waals surface area contributed by atoms with Crippen LogP contribution in [-0.2, 0) is 22.2 Å². The summed E-state index contributed by atoms with van der Waals surface area (Å²) in [6, 6.07) is 8.17. The highest BCUT2D eigenvalue weighted by atomic mass is 32.2. The van der Waals surface area contributed by atoms with Gasteiger partial charge < -0.3 is 4.42 Å². The highest BCUT2D eigenvalue weighted by Gasteiger charge is 2.30. The van der Waals surface area contributed by atoms with Crippen molar-refractivity contribution in [3.05, 3.63) is 58.0 Å². The first kappa shape index (κ1) is 17.9. The summed E-state index contributed by atoms with van der Waals surface area (Å²) in [5.41, 5.74) is 1.25. The summed E-state index contributed by atoms with van der Waals surface area (Å²) < 4.78 is 32.1. The maximum Gasteiger partial charge on any atom is 0.300 e. The van der Waals surface area contributed by atoms with Gasteiger partial charge in [0.05, 0.1) is 22.9 Å². The van der Waals surface area contributed by atoms with E-state index in [2.05, 4.69) is 0 Å². The summed E-state index contributed by atoms with van der Waals surface area (Å²) in [6.07, 6.45) is 1.57. The van der Waals surface area contributed by atoms with E-state index in [1.807, 2.05) is 10.8 Å². The molecule has 0 saturated heterocycles. The summed E-state index contributed by atoms with van der Waals surface area (Å²) in [5, 5.41) is 9.05. The number of ketones is 1. The second kappa shape index (κ2) is 6.77. The molecule has 1 aliphatic rings. The molecule has 26 heavy (non-hydrogen) atoms. The van der Waals surface area contributed by atoms with Gasteiger partial charge in [-0.1, -0.05) is 18.2 Å². The Kier molecular flexibility index (Phi) is 4.66. The molecule has 134 valence electrons. The van der Waals surface area contributed by atoms with Gasteiger partial charge in [0.1, 0.15) is 5.76 Å². The van der Waals surface area contributed by atoms with Gasteiger partial charge in [0.15, 0.2) is 11.5 Å². The number of nitriles is 1. The maximum absolute atomic E-state index is 12.4. The van der Waals surface area contributed by atoms with E-state index in [0.29, 0.717) is 41.7 Å². The zero-order valence-corrected chi connectivity index (χ0v) is 14.9. The van der Waals surface area contributed by atoms with Crippen molar-refractivity contribution in [3.63, 3.8) is 0 Å². The van der Waals surface area contributed by atoms with Gasteiger partial charge in [-0.2, -0.15) is 5.26 Å². The normalized spacial score (nSPS) is 13.8. The van der Waals surface area contributed by atoms with Gasteiger partial charge in [-0.05, 0) is 25.0 Å². The fourth-order valence-corrected chi connectivity index (χ4v) is 4.16. The Labute approximate surface area is 150 Å². The molecule has 0 atom stereocenters. The molecule has 0 saturated carbocycles. The number of carbonyl (C=O) groups is 2. The van der Waals surface area contributed by atoms with E-state index in [1.54, 1.807) is 19.1 Å². The molecule has 1 aliphatic carbocycles. The predicted molar refractivity (Wildman–Crippen MR) is 92.0 cm³/mol. The second-order valence-electron chi connectivity index (χ2n) is 6.09. The van der Waals surface area contributed by atoms with Crippen LogP contribution in [-0.4, -0.2) is 20.1 Å². The predicted octanol–water partition coefficient (Wildman–Crippen LogP) is 2.24. The van der Waals surface area contributed by atoms with Crippen LogP contribution in [0, 0.1) is 18.3 Å². The van der Waals surface area contributed by atoms with Crippen molar-refractivity contribution < 1.29 is 22.4 Å². The smallest absolute Gasteiger partial charge is 0.300 e. The van der Waals surface area contributed by atoms with E-state index in [-0.39, 0.29) is 17.1 Å². The van der Waals surface area contributed by atoms with Crippen molar-refractivity contribution in [1.29, 1.82) is 5.26 Å². The average molecular weight is 372 g/mol. The van der Waals surface area contributed by atoms with Crippen LogP contribution in [0.15, 0.2) is 28.7 Å². The Morgan fingerprint density at radius 3 is 2.73 bits per heavy atom. The SMILES string of the molecule is Cc1c(C(=O)NS(=O)(=O)Cc2ccccc2C#N)oc2c1C(=O)CCC2. The number of carbonyl (C=O) groups excluding carboxylic acids is 2.